The van der Waals surface area contributed by atoms with Crippen LogP contribution in [0.1, 0.15) is 22.8 Å². The summed E-state index contributed by atoms with van der Waals surface area (Å²) in [5.74, 6) is -0.195. The zero-order chi connectivity index (χ0) is 13.6. The van der Waals surface area contributed by atoms with Crippen molar-refractivity contribution in [2.45, 2.75) is 6.92 Å². The van der Waals surface area contributed by atoms with E-state index in [1.807, 2.05) is 6.07 Å². The molecule has 1 amide bonds. The minimum absolute atomic E-state index is 0.0335. The summed E-state index contributed by atoms with van der Waals surface area (Å²) >= 11 is 5.97. The van der Waals surface area contributed by atoms with Crippen LogP contribution in [-0.2, 0) is 4.79 Å². The first-order valence-electron chi connectivity index (χ1n) is 5.82. The van der Waals surface area contributed by atoms with Gasteiger partial charge in [0.25, 0.3) is 0 Å². The van der Waals surface area contributed by atoms with E-state index in [9.17, 15) is 9.59 Å². The van der Waals surface area contributed by atoms with E-state index in [0.717, 1.165) is 11.1 Å². The van der Waals surface area contributed by atoms with Gasteiger partial charge in [0.1, 0.15) is 0 Å². The van der Waals surface area contributed by atoms with Crippen molar-refractivity contribution in [2.24, 2.45) is 0 Å². The lowest BCUT2D eigenvalue weighted by Gasteiger charge is -2.04. The first-order chi connectivity index (χ1) is 9.06. The van der Waals surface area contributed by atoms with Crippen molar-refractivity contribution in [3.8, 4) is 11.1 Å². The molecule has 0 aromatic heterocycles. The summed E-state index contributed by atoms with van der Waals surface area (Å²) in [6, 6.07) is 10.5. The highest BCUT2D eigenvalue weighted by atomic mass is 35.5. The molecule has 94 valence electrons. The van der Waals surface area contributed by atoms with Crippen molar-refractivity contribution in [1.29, 1.82) is 0 Å². The fourth-order valence-electron chi connectivity index (χ4n) is 2.33. The molecule has 0 saturated carbocycles. The number of hydrogen-bond donors (Lipinski definition) is 1. The average molecular weight is 272 g/mol. The van der Waals surface area contributed by atoms with Crippen molar-refractivity contribution >= 4 is 29.0 Å². The van der Waals surface area contributed by atoms with Gasteiger partial charge in [0.2, 0.25) is 5.91 Å². The highest BCUT2D eigenvalue weighted by Crippen LogP contribution is 2.39. The molecule has 2 aromatic carbocycles. The van der Waals surface area contributed by atoms with Crippen LogP contribution in [0.25, 0.3) is 11.1 Å². The summed E-state index contributed by atoms with van der Waals surface area (Å²) in [5, 5.41) is 3.28. The van der Waals surface area contributed by atoms with E-state index in [1.165, 1.54) is 6.92 Å². The highest BCUT2D eigenvalue weighted by molar-refractivity contribution is 6.32. The van der Waals surface area contributed by atoms with Crippen LogP contribution in [0.3, 0.4) is 0 Å². The minimum atomic E-state index is -0.161. The van der Waals surface area contributed by atoms with Crippen LogP contribution in [0.4, 0.5) is 5.69 Å². The van der Waals surface area contributed by atoms with E-state index in [4.69, 9.17) is 11.6 Å². The number of amides is 1. The van der Waals surface area contributed by atoms with E-state index in [2.05, 4.69) is 5.32 Å². The molecule has 0 spiro atoms. The Labute approximate surface area is 115 Å². The van der Waals surface area contributed by atoms with Crippen LogP contribution in [0.2, 0.25) is 5.02 Å². The van der Waals surface area contributed by atoms with Crippen molar-refractivity contribution in [2.75, 3.05) is 5.32 Å². The Kier molecular flexibility index (Phi) is 2.64. The van der Waals surface area contributed by atoms with Gasteiger partial charge < -0.3 is 5.32 Å². The number of carbonyl (C=O) groups excluding carboxylic acids is 2. The number of fused-ring (bicyclic) bond motifs is 3. The molecule has 0 radical (unpaired) electrons. The molecule has 0 heterocycles. The number of nitrogens with one attached hydrogen (secondary N) is 1. The number of hydrogen-bond acceptors (Lipinski definition) is 2. The Morgan fingerprint density at radius 1 is 1.00 bits per heavy atom. The molecule has 3 nitrogen and oxygen atoms in total. The summed E-state index contributed by atoms with van der Waals surface area (Å²) in [4.78, 5) is 23.3. The largest absolute Gasteiger partial charge is 0.326 e. The second kappa shape index (κ2) is 4.21. The standard InChI is InChI=1S/C15H10ClNO2/c1-8(18)17-10-3-5-11-13-6-9(16)2-4-12(13)15(19)14(11)7-10/h2-7H,1H3,(H,17,18). The maximum absolute atomic E-state index is 12.3. The van der Waals surface area contributed by atoms with Crippen LogP contribution in [0, 0.1) is 0 Å². The van der Waals surface area contributed by atoms with Crippen molar-refractivity contribution < 1.29 is 9.59 Å². The highest BCUT2D eigenvalue weighted by Gasteiger charge is 2.26. The fraction of sp³-hybridized carbons (Fsp3) is 0.0667. The maximum Gasteiger partial charge on any atom is 0.221 e. The topological polar surface area (TPSA) is 46.2 Å². The predicted molar refractivity (Wildman–Crippen MR) is 74.6 cm³/mol. The molecule has 3 rings (SSSR count). The van der Waals surface area contributed by atoms with Crippen LogP contribution in [0.5, 0.6) is 0 Å². The third-order valence-electron chi connectivity index (χ3n) is 3.10. The zero-order valence-electron chi connectivity index (χ0n) is 10.2. The monoisotopic (exact) mass is 271 g/mol. The SMILES string of the molecule is CC(=O)Nc1ccc2c(c1)C(=O)c1ccc(Cl)cc1-2. The fourth-order valence-corrected chi connectivity index (χ4v) is 2.50. The van der Waals surface area contributed by atoms with Crippen molar-refractivity contribution in [3.05, 3.63) is 52.5 Å². The molecule has 2 aromatic rings. The van der Waals surface area contributed by atoms with Gasteiger partial charge in [-0.2, -0.15) is 0 Å². The van der Waals surface area contributed by atoms with E-state index in [-0.39, 0.29) is 11.7 Å². The molecular weight excluding hydrogens is 262 g/mol. The van der Waals surface area contributed by atoms with E-state index in [0.29, 0.717) is 21.8 Å². The Balaban J connectivity index is 2.15. The van der Waals surface area contributed by atoms with Crippen LogP contribution >= 0.6 is 11.6 Å². The van der Waals surface area contributed by atoms with Gasteiger partial charge >= 0.3 is 0 Å². The van der Waals surface area contributed by atoms with Gasteiger partial charge in [-0.25, -0.2) is 0 Å². The predicted octanol–water partition coefficient (Wildman–Crippen LogP) is 3.51. The third-order valence-corrected chi connectivity index (χ3v) is 3.34. The summed E-state index contributed by atoms with van der Waals surface area (Å²) in [6.07, 6.45) is 0. The molecule has 4 heteroatoms. The Hall–Kier alpha value is -2.13. The normalized spacial score (nSPS) is 12.0. The first kappa shape index (κ1) is 11.9. The average Bonchev–Trinajstić information content (AvgIpc) is 2.62. The van der Waals surface area contributed by atoms with Crippen LogP contribution in [0.15, 0.2) is 36.4 Å². The number of anilines is 1. The Bertz CT molecular complexity index is 722. The number of benzene rings is 2. The molecule has 0 aliphatic heterocycles. The van der Waals surface area contributed by atoms with Crippen molar-refractivity contribution in [3.63, 3.8) is 0 Å². The molecule has 1 N–H and O–H groups in total. The molecule has 0 saturated heterocycles. The van der Waals surface area contributed by atoms with Gasteiger partial charge in [-0.1, -0.05) is 17.7 Å². The summed E-state index contributed by atoms with van der Waals surface area (Å²) in [6.45, 7) is 1.43. The number of rotatable bonds is 1. The second-order valence-electron chi connectivity index (χ2n) is 4.46. The quantitative estimate of drug-likeness (QED) is 0.736. The van der Waals surface area contributed by atoms with Gasteiger partial charge in [-0.3, -0.25) is 9.59 Å². The molecule has 0 unspecified atom stereocenters. The van der Waals surface area contributed by atoms with Crippen LogP contribution in [-0.4, -0.2) is 11.7 Å². The van der Waals surface area contributed by atoms with Gasteiger partial charge in [0.15, 0.2) is 5.78 Å². The molecule has 0 atom stereocenters. The molecule has 1 aliphatic carbocycles. The Morgan fingerprint density at radius 2 is 1.74 bits per heavy atom. The third kappa shape index (κ3) is 1.92. The van der Waals surface area contributed by atoms with Gasteiger partial charge in [0.05, 0.1) is 0 Å². The maximum atomic E-state index is 12.3. The lowest BCUT2D eigenvalue weighted by molar-refractivity contribution is -0.114. The lowest BCUT2D eigenvalue weighted by Crippen LogP contribution is -2.06. The lowest BCUT2D eigenvalue weighted by atomic mass is 10.1. The number of carbonyl (C=O) groups is 2. The van der Waals surface area contributed by atoms with Gasteiger partial charge in [-0.15, -0.1) is 0 Å². The van der Waals surface area contributed by atoms with E-state index < -0.39 is 0 Å². The zero-order valence-corrected chi connectivity index (χ0v) is 10.9. The summed E-state index contributed by atoms with van der Waals surface area (Å²) < 4.78 is 0. The molecule has 1 aliphatic rings. The Morgan fingerprint density at radius 3 is 2.47 bits per heavy atom. The van der Waals surface area contributed by atoms with Crippen molar-refractivity contribution in [1.82, 2.24) is 0 Å². The molecule has 19 heavy (non-hydrogen) atoms. The van der Waals surface area contributed by atoms with Crippen LogP contribution < -0.4 is 5.32 Å². The molecular formula is C15H10ClNO2. The van der Waals surface area contributed by atoms with E-state index >= 15 is 0 Å². The minimum Gasteiger partial charge on any atom is -0.326 e. The second-order valence-corrected chi connectivity index (χ2v) is 4.90. The smallest absolute Gasteiger partial charge is 0.221 e. The molecule has 0 fully saturated rings. The van der Waals surface area contributed by atoms with Gasteiger partial charge in [-0.05, 0) is 41.5 Å². The summed E-state index contributed by atoms with van der Waals surface area (Å²) in [5.41, 5.74) is 3.58. The van der Waals surface area contributed by atoms with Gasteiger partial charge in [0, 0.05) is 28.8 Å². The number of ketones is 1. The first-order valence-corrected chi connectivity index (χ1v) is 6.20. The summed E-state index contributed by atoms with van der Waals surface area (Å²) in [7, 11) is 0. The number of halogens is 1. The molecule has 0 bridgehead atoms. The van der Waals surface area contributed by atoms with E-state index in [1.54, 1.807) is 30.3 Å².